The van der Waals surface area contributed by atoms with Crippen molar-refractivity contribution in [3.63, 3.8) is 0 Å². The predicted molar refractivity (Wildman–Crippen MR) is 116 cm³/mol. The third-order valence-electron chi connectivity index (χ3n) is 5.94. The SMILES string of the molecule is CC(C)(C)OC(=O)N1CCC2(CC1)C(c1cccc(-c3ccccc3)n1)C2(Cl)Cl. The summed E-state index contributed by atoms with van der Waals surface area (Å²) in [5, 5.41) is 0. The summed E-state index contributed by atoms with van der Waals surface area (Å²) in [6.07, 6.45) is 1.20. The van der Waals surface area contributed by atoms with E-state index in [1.807, 2.05) is 69.3 Å². The highest BCUT2D eigenvalue weighted by Gasteiger charge is 2.76. The zero-order chi connectivity index (χ0) is 20.9. The quantitative estimate of drug-likeness (QED) is 0.543. The summed E-state index contributed by atoms with van der Waals surface area (Å²) in [5.74, 6) is -0.0391. The number of hydrogen-bond donors (Lipinski definition) is 0. The van der Waals surface area contributed by atoms with E-state index < -0.39 is 9.93 Å². The van der Waals surface area contributed by atoms with Crippen LogP contribution in [-0.4, -0.2) is 39.0 Å². The van der Waals surface area contributed by atoms with Gasteiger partial charge in [0, 0.05) is 35.7 Å². The standard InChI is InChI=1S/C23H26Cl2N2O2/c1-21(2,3)29-20(28)27-14-12-22(13-15-27)19(23(22,24)25)18-11-7-10-17(26-18)16-8-5-4-6-9-16/h4-11,19H,12-15H2,1-3H3. The number of piperidine rings is 1. The van der Waals surface area contributed by atoms with Gasteiger partial charge >= 0.3 is 6.09 Å². The Morgan fingerprint density at radius 2 is 1.72 bits per heavy atom. The van der Waals surface area contributed by atoms with Crippen molar-refractivity contribution in [3.05, 3.63) is 54.2 Å². The molecule has 1 atom stereocenters. The van der Waals surface area contributed by atoms with Crippen molar-refractivity contribution in [1.82, 2.24) is 9.88 Å². The molecule has 4 nitrogen and oxygen atoms in total. The van der Waals surface area contributed by atoms with E-state index in [1.54, 1.807) is 4.90 Å². The first kappa shape index (κ1) is 20.5. The molecule has 1 saturated heterocycles. The average molecular weight is 433 g/mol. The van der Waals surface area contributed by atoms with Crippen LogP contribution in [0.25, 0.3) is 11.3 Å². The Hall–Kier alpha value is -1.78. The topological polar surface area (TPSA) is 42.4 Å². The van der Waals surface area contributed by atoms with Gasteiger partial charge in [-0.1, -0.05) is 36.4 Å². The van der Waals surface area contributed by atoms with Crippen molar-refractivity contribution in [2.45, 2.75) is 49.5 Å². The van der Waals surface area contributed by atoms with Crippen LogP contribution in [0.3, 0.4) is 0 Å². The number of hydrogen-bond acceptors (Lipinski definition) is 3. The van der Waals surface area contributed by atoms with Gasteiger partial charge in [-0.25, -0.2) is 4.79 Å². The number of aromatic nitrogens is 1. The normalized spacial score (nSPS) is 22.4. The number of rotatable bonds is 2. The van der Waals surface area contributed by atoms with Crippen molar-refractivity contribution in [2.24, 2.45) is 5.41 Å². The zero-order valence-corrected chi connectivity index (χ0v) is 18.5. The van der Waals surface area contributed by atoms with Gasteiger partial charge < -0.3 is 9.64 Å². The first-order valence-corrected chi connectivity index (χ1v) is 10.8. The molecule has 2 aliphatic rings. The van der Waals surface area contributed by atoms with Gasteiger partial charge in [0.15, 0.2) is 0 Å². The van der Waals surface area contributed by atoms with Crippen LogP contribution in [0.5, 0.6) is 0 Å². The number of pyridine rings is 1. The predicted octanol–water partition coefficient (Wildman–Crippen LogP) is 6.04. The molecule has 1 aromatic heterocycles. The number of likely N-dealkylation sites (tertiary alicyclic amines) is 1. The van der Waals surface area contributed by atoms with Gasteiger partial charge in [0.05, 0.1) is 5.69 Å². The second-order valence-electron chi connectivity index (χ2n) is 8.99. The first-order chi connectivity index (χ1) is 13.6. The van der Waals surface area contributed by atoms with Crippen LogP contribution in [0.15, 0.2) is 48.5 Å². The molecule has 1 aromatic carbocycles. The van der Waals surface area contributed by atoms with Gasteiger partial charge in [-0.05, 0) is 45.7 Å². The number of benzene rings is 1. The second kappa shape index (κ2) is 7.17. The molecule has 2 fully saturated rings. The molecule has 2 heterocycles. The minimum Gasteiger partial charge on any atom is -0.444 e. The molecule has 0 N–H and O–H groups in total. The van der Waals surface area contributed by atoms with Gasteiger partial charge in [-0.2, -0.15) is 0 Å². The minimum atomic E-state index is -0.866. The van der Waals surface area contributed by atoms with Gasteiger partial charge in [0.25, 0.3) is 0 Å². The minimum absolute atomic E-state index is 0.0391. The number of amides is 1. The number of carbonyl (C=O) groups is 1. The molecule has 0 radical (unpaired) electrons. The smallest absolute Gasteiger partial charge is 0.410 e. The highest BCUT2D eigenvalue weighted by Crippen LogP contribution is 2.77. The Labute approximate surface area is 182 Å². The Balaban J connectivity index is 1.51. The summed E-state index contributed by atoms with van der Waals surface area (Å²) in [6.45, 7) is 6.81. The molecule has 0 bridgehead atoms. The van der Waals surface area contributed by atoms with Crippen LogP contribution < -0.4 is 0 Å². The zero-order valence-electron chi connectivity index (χ0n) is 17.0. The maximum absolute atomic E-state index is 12.4. The lowest BCUT2D eigenvalue weighted by molar-refractivity contribution is 0.0169. The van der Waals surface area contributed by atoms with Crippen molar-refractivity contribution in [2.75, 3.05) is 13.1 Å². The van der Waals surface area contributed by atoms with E-state index in [1.165, 1.54) is 0 Å². The van der Waals surface area contributed by atoms with Crippen LogP contribution >= 0.6 is 23.2 Å². The van der Waals surface area contributed by atoms with Crippen LogP contribution in [0.1, 0.15) is 45.2 Å². The fourth-order valence-electron chi connectivity index (χ4n) is 4.40. The highest BCUT2D eigenvalue weighted by atomic mass is 35.5. The fraction of sp³-hybridized carbons (Fsp3) is 0.478. The van der Waals surface area contributed by atoms with Crippen molar-refractivity contribution in [3.8, 4) is 11.3 Å². The number of alkyl halides is 2. The van der Waals surface area contributed by atoms with E-state index in [0.29, 0.717) is 13.1 Å². The first-order valence-electron chi connectivity index (χ1n) is 10.0. The molecule has 154 valence electrons. The molecule has 1 unspecified atom stereocenters. The van der Waals surface area contributed by atoms with Gasteiger partial charge in [0.1, 0.15) is 9.93 Å². The van der Waals surface area contributed by atoms with E-state index >= 15 is 0 Å². The third kappa shape index (κ3) is 3.73. The van der Waals surface area contributed by atoms with Crippen LogP contribution in [-0.2, 0) is 4.74 Å². The van der Waals surface area contributed by atoms with Crippen LogP contribution in [0.2, 0.25) is 0 Å². The van der Waals surface area contributed by atoms with Crippen molar-refractivity contribution >= 4 is 29.3 Å². The molecule has 1 spiro atoms. The summed E-state index contributed by atoms with van der Waals surface area (Å²) in [6, 6.07) is 16.1. The summed E-state index contributed by atoms with van der Waals surface area (Å²) in [5.41, 5.74) is 2.15. The highest BCUT2D eigenvalue weighted by molar-refractivity contribution is 6.52. The lowest BCUT2D eigenvalue weighted by atomic mass is 9.90. The molecule has 4 rings (SSSR count). The summed E-state index contributed by atoms with van der Waals surface area (Å²) in [4.78, 5) is 19.0. The Morgan fingerprint density at radius 3 is 2.34 bits per heavy atom. The van der Waals surface area contributed by atoms with E-state index in [9.17, 15) is 4.79 Å². The molecular weight excluding hydrogens is 407 g/mol. The molecule has 1 aliphatic heterocycles. The number of halogens is 2. The maximum Gasteiger partial charge on any atom is 0.410 e. The molecule has 1 saturated carbocycles. The molecular formula is C23H26Cl2N2O2. The molecule has 6 heteroatoms. The third-order valence-corrected chi connectivity index (χ3v) is 7.13. The Morgan fingerprint density at radius 1 is 1.07 bits per heavy atom. The number of ether oxygens (including phenoxy) is 1. The van der Waals surface area contributed by atoms with E-state index in [4.69, 9.17) is 32.9 Å². The summed E-state index contributed by atoms with van der Waals surface area (Å²) >= 11 is 13.6. The fourth-order valence-corrected chi connectivity index (χ4v) is 5.53. The lowest BCUT2D eigenvalue weighted by Crippen LogP contribution is -2.43. The van der Waals surface area contributed by atoms with Crippen LogP contribution in [0, 0.1) is 5.41 Å². The lowest BCUT2D eigenvalue weighted by Gasteiger charge is -2.34. The summed E-state index contributed by atoms with van der Waals surface area (Å²) < 4.78 is 4.64. The number of carbonyl (C=O) groups excluding carboxylic acids is 1. The van der Waals surface area contributed by atoms with E-state index in [0.717, 1.165) is 29.8 Å². The Bertz CT molecular complexity index is 901. The van der Waals surface area contributed by atoms with Gasteiger partial charge in [-0.15, -0.1) is 23.2 Å². The Kier molecular flexibility index (Phi) is 5.07. The van der Waals surface area contributed by atoms with Crippen molar-refractivity contribution in [1.29, 1.82) is 0 Å². The van der Waals surface area contributed by atoms with E-state index in [-0.39, 0.29) is 17.4 Å². The van der Waals surface area contributed by atoms with Gasteiger partial charge in [0.2, 0.25) is 0 Å². The van der Waals surface area contributed by atoms with Gasteiger partial charge in [-0.3, -0.25) is 4.98 Å². The average Bonchev–Trinajstić information content (AvgIpc) is 3.15. The molecule has 1 amide bonds. The van der Waals surface area contributed by atoms with Crippen molar-refractivity contribution < 1.29 is 9.53 Å². The molecule has 29 heavy (non-hydrogen) atoms. The monoisotopic (exact) mass is 432 g/mol. The van der Waals surface area contributed by atoms with Crippen LogP contribution in [0.4, 0.5) is 4.79 Å². The molecule has 2 aromatic rings. The molecule has 1 aliphatic carbocycles. The second-order valence-corrected chi connectivity index (χ2v) is 10.4. The summed E-state index contributed by atoms with van der Waals surface area (Å²) in [7, 11) is 0. The largest absolute Gasteiger partial charge is 0.444 e. The number of nitrogens with zero attached hydrogens (tertiary/aromatic N) is 2. The van der Waals surface area contributed by atoms with E-state index in [2.05, 4.69) is 0 Å². The maximum atomic E-state index is 12.4.